The number of aliphatic imine (C=N–C) groups is 1. The van der Waals surface area contributed by atoms with Gasteiger partial charge in [-0.15, -0.1) is 0 Å². The zero-order valence-corrected chi connectivity index (χ0v) is 16.0. The van der Waals surface area contributed by atoms with Crippen molar-refractivity contribution in [2.75, 3.05) is 0 Å². The summed E-state index contributed by atoms with van der Waals surface area (Å²) in [5, 5.41) is 10.8. The van der Waals surface area contributed by atoms with Crippen LogP contribution >= 0.6 is 0 Å². The zero-order valence-electron chi connectivity index (χ0n) is 16.0. The number of nitro groups is 1. The topological polar surface area (TPSA) is 98.5 Å². The highest BCUT2D eigenvalue weighted by molar-refractivity contribution is 6.03. The van der Waals surface area contributed by atoms with Gasteiger partial charge in [-0.1, -0.05) is 24.1 Å². The van der Waals surface area contributed by atoms with Crippen LogP contribution in [0.15, 0.2) is 58.4 Å². The lowest BCUT2D eigenvalue weighted by molar-refractivity contribution is -0.680. The molecule has 8 heteroatoms. The van der Waals surface area contributed by atoms with E-state index < -0.39 is 4.92 Å². The summed E-state index contributed by atoms with van der Waals surface area (Å²) in [5.41, 5.74) is 2.31. The van der Waals surface area contributed by atoms with E-state index in [-0.39, 0.29) is 29.6 Å². The number of nitro benzene ring substituents is 1. The molecular weight excluding hydrogens is 372 g/mol. The Morgan fingerprint density at radius 3 is 2.66 bits per heavy atom. The van der Waals surface area contributed by atoms with E-state index in [0.717, 1.165) is 5.71 Å². The fourth-order valence-electron chi connectivity index (χ4n) is 3.76. The van der Waals surface area contributed by atoms with Gasteiger partial charge in [-0.2, -0.15) is 4.57 Å². The van der Waals surface area contributed by atoms with Gasteiger partial charge in [0, 0.05) is 17.7 Å². The van der Waals surface area contributed by atoms with E-state index in [9.17, 15) is 19.7 Å². The summed E-state index contributed by atoms with van der Waals surface area (Å²) < 4.78 is 3.39. The smallest absolute Gasteiger partial charge is 0.291 e. The highest BCUT2D eigenvalue weighted by Gasteiger charge is 2.38. The highest BCUT2D eigenvalue weighted by Crippen LogP contribution is 2.28. The first-order valence-corrected chi connectivity index (χ1v) is 9.31. The molecule has 1 aliphatic heterocycles. The van der Waals surface area contributed by atoms with Crippen LogP contribution in [0.1, 0.15) is 34.6 Å². The highest BCUT2D eigenvalue weighted by atomic mass is 16.6. The summed E-state index contributed by atoms with van der Waals surface area (Å²) in [6.45, 7) is 3.72. The summed E-state index contributed by atoms with van der Waals surface area (Å²) in [6, 6.07) is 5.25. The fourth-order valence-corrected chi connectivity index (χ4v) is 3.76. The second-order valence-electron chi connectivity index (χ2n) is 6.93. The summed E-state index contributed by atoms with van der Waals surface area (Å²) in [4.78, 5) is 40.9. The number of ketones is 1. The van der Waals surface area contributed by atoms with Crippen molar-refractivity contribution in [1.82, 2.24) is 4.57 Å². The standard InChI is InChI=1S/C21H19N4O4/c1-3-16-13(2)23(12-19(26)14-8-10-15(11-9-14)25(28)29)21-22-17-6-4-5-7-18(17)24(21)20(16)27/h4-11,18H,3,12H2,1-2H3/q+1. The SMILES string of the molecule is CCc1c(C)[n+](CC(=O)c2ccc([N+](=O)[O-])cc2)c2n(c1=O)C1C=CC=CC1=N2. The monoisotopic (exact) mass is 391 g/mol. The third kappa shape index (κ3) is 3.02. The maximum Gasteiger partial charge on any atom is 0.403 e. The molecule has 2 aliphatic rings. The number of carbonyl (C=O) groups is 1. The Morgan fingerprint density at radius 1 is 1.28 bits per heavy atom. The average molecular weight is 391 g/mol. The van der Waals surface area contributed by atoms with E-state index in [1.165, 1.54) is 24.3 Å². The minimum absolute atomic E-state index is 0.0107. The summed E-state index contributed by atoms with van der Waals surface area (Å²) in [5.74, 6) is 0.230. The number of aromatic nitrogens is 2. The second-order valence-corrected chi connectivity index (χ2v) is 6.93. The summed E-state index contributed by atoms with van der Waals surface area (Å²) >= 11 is 0. The van der Waals surface area contributed by atoms with Gasteiger partial charge in [0.1, 0.15) is 6.54 Å². The normalized spacial score (nSPS) is 16.3. The quantitative estimate of drug-likeness (QED) is 0.338. The molecular formula is C21H19N4O4+. The van der Waals surface area contributed by atoms with Gasteiger partial charge < -0.3 is 0 Å². The van der Waals surface area contributed by atoms with Crippen LogP contribution in [0.25, 0.3) is 0 Å². The Balaban J connectivity index is 1.79. The predicted octanol–water partition coefficient (Wildman–Crippen LogP) is 2.55. The zero-order chi connectivity index (χ0) is 20.7. The molecule has 0 radical (unpaired) electrons. The van der Waals surface area contributed by atoms with Crippen molar-refractivity contribution in [2.24, 2.45) is 4.99 Å². The lowest BCUT2D eigenvalue weighted by atomic mass is 10.1. The summed E-state index contributed by atoms with van der Waals surface area (Å²) in [7, 11) is 0. The number of Topliss-reactive ketones (excluding diaryl/α,β-unsaturated/α-hetero) is 1. The Kier molecular flexibility index (Phi) is 4.54. The van der Waals surface area contributed by atoms with Crippen LogP contribution in [0.3, 0.4) is 0 Å². The molecule has 8 nitrogen and oxygen atoms in total. The lowest BCUT2D eigenvalue weighted by Crippen LogP contribution is -2.47. The molecule has 0 saturated heterocycles. The van der Waals surface area contributed by atoms with Gasteiger partial charge >= 0.3 is 11.5 Å². The second kappa shape index (κ2) is 7.05. The number of carbonyl (C=O) groups excluding carboxylic acids is 1. The molecule has 1 aromatic carbocycles. The van der Waals surface area contributed by atoms with Gasteiger partial charge in [-0.3, -0.25) is 19.7 Å². The molecule has 0 N–H and O–H groups in total. The Hall–Kier alpha value is -3.68. The number of allylic oxidation sites excluding steroid dienone is 4. The number of non-ortho nitro benzene ring substituents is 1. The van der Waals surface area contributed by atoms with Crippen molar-refractivity contribution in [3.63, 3.8) is 0 Å². The first-order valence-electron chi connectivity index (χ1n) is 9.31. The number of nitrogens with zero attached hydrogens (tertiary/aromatic N) is 4. The van der Waals surface area contributed by atoms with E-state index in [1.807, 2.05) is 38.2 Å². The molecule has 1 unspecified atom stereocenters. The van der Waals surface area contributed by atoms with E-state index >= 15 is 0 Å². The molecule has 2 aromatic rings. The van der Waals surface area contributed by atoms with Crippen molar-refractivity contribution < 1.29 is 14.3 Å². The van der Waals surface area contributed by atoms with Gasteiger partial charge in [0.2, 0.25) is 0 Å². The van der Waals surface area contributed by atoms with E-state index in [4.69, 9.17) is 0 Å². The van der Waals surface area contributed by atoms with E-state index in [1.54, 1.807) is 9.13 Å². The number of benzene rings is 1. The van der Waals surface area contributed by atoms with Crippen LogP contribution in [0.5, 0.6) is 0 Å². The number of hydrogen-bond acceptors (Lipinski definition) is 5. The minimum Gasteiger partial charge on any atom is -0.291 e. The Labute approximate surface area is 166 Å². The van der Waals surface area contributed by atoms with Crippen molar-refractivity contribution in [3.8, 4) is 0 Å². The number of rotatable bonds is 5. The first kappa shape index (κ1) is 18.7. The van der Waals surface area contributed by atoms with E-state index in [0.29, 0.717) is 29.2 Å². The van der Waals surface area contributed by atoms with Crippen molar-refractivity contribution in [3.05, 3.63) is 85.9 Å². The van der Waals surface area contributed by atoms with Crippen LogP contribution in [0.2, 0.25) is 0 Å². The van der Waals surface area contributed by atoms with Crippen molar-refractivity contribution in [1.29, 1.82) is 0 Å². The fraction of sp³-hybridized carbons (Fsp3) is 0.238. The number of hydrogen-bond donors (Lipinski definition) is 0. The van der Waals surface area contributed by atoms with Crippen LogP contribution in [-0.4, -0.2) is 21.0 Å². The van der Waals surface area contributed by atoms with Crippen molar-refractivity contribution in [2.45, 2.75) is 32.9 Å². The molecule has 1 aliphatic carbocycles. The lowest BCUT2D eigenvalue weighted by Gasteiger charge is -2.14. The molecule has 1 aromatic heterocycles. The largest absolute Gasteiger partial charge is 0.403 e. The Bertz CT molecular complexity index is 1190. The molecule has 1 atom stereocenters. The molecule has 0 saturated carbocycles. The van der Waals surface area contributed by atoms with Gasteiger partial charge in [0.15, 0.2) is 17.5 Å². The average Bonchev–Trinajstić information content (AvgIpc) is 3.11. The summed E-state index contributed by atoms with van der Waals surface area (Å²) in [6.07, 6.45) is 8.06. The van der Waals surface area contributed by atoms with Gasteiger partial charge in [0.05, 0.1) is 16.2 Å². The molecule has 2 heterocycles. The van der Waals surface area contributed by atoms with Gasteiger partial charge in [-0.25, -0.2) is 4.57 Å². The minimum atomic E-state index is -0.504. The van der Waals surface area contributed by atoms with Gasteiger partial charge in [0.25, 0.3) is 5.69 Å². The van der Waals surface area contributed by atoms with Gasteiger partial charge in [-0.05, 0) is 37.6 Å². The predicted molar refractivity (Wildman–Crippen MR) is 107 cm³/mol. The molecule has 0 amide bonds. The molecule has 146 valence electrons. The van der Waals surface area contributed by atoms with Crippen LogP contribution in [-0.2, 0) is 13.0 Å². The molecule has 0 fully saturated rings. The number of fused-ring (bicyclic) bond motifs is 3. The third-order valence-electron chi connectivity index (χ3n) is 5.31. The molecule has 29 heavy (non-hydrogen) atoms. The maximum absolute atomic E-state index is 13.0. The van der Waals surface area contributed by atoms with Crippen LogP contribution < -0.4 is 10.1 Å². The molecule has 0 spiro atoms. The maximum atomic E-state index is 13.0. The Morgan fingerprint density at radius 2 is 2.00 bits per heavy atom. The van der Waals surface area contributed by atoms with Crippen LogP contribution in [0.4, 0.5) is 11.6 Å². The first-order chi connectivity index (χ1) is 13.9. The molecule has 4 rings (SSSR count). The third-order valence-corrected chi connectivity index (χ3v) is 5.31. The van der Waals surface area contributed by atoms with E-state index in [2.05, 4.69) is 4.99 Å². The van der Waals surface area contributed by atoms with Crippen molar-refractivity contribution >= 4 is 23.1 Å². The van der Waals surface area contributed by atoms with Crippen LogP contribution in [0, 0.1) is 17.0 Å². The molecule has 0 bridgehead atoms.